The summed E-state index contributed by atoms with van der Waals surface area (Å²) in [5.74, 6) is -1.06. The normalized spacial score (nSPS) is 11.5. The van der Waals surface area contributed by atoms with Gasteiger partial charge in [-0.25, -0.2) is 17.1 Å². The first kappa shape index (κ1) is 18.4. The molecule has 0 aliphatic rings. The number of halogens is 2. The Kier molecular flexibility index (Phi) is 5.58. The molecule has 0 heterocycles. The molecule has 24 heavy (non-hydrogen) atoms. The van der Waals surface area contributed by atoms with Crippen LogP contribution in [0.5, 0.6) is 0 Å². The maximum absolute atomic E-state index is 13.0. The van der Waals surface area contributed by atoms with Gasteiger partial charge in [0, 0.05) is 20.6 Å². The minimum atomic E-state index is -3.63. The summed E-state index contributed by atoms with van der Waals surface area (Å²) in [6.07, 6.45) is 0. The average Bonchev–Trinajstić information content (AvgIpc) is 2.52. The van der Waals surface area contributed by atoms with Gasteiger partial charge in [-0.15, -0.1) is 0 Å². The molecule has 2 aromatic carbocycles. The zero-order valence-electron chi connectivity index (χ0n) is 13.1. The molecule has 0 saturated heterocycles. The monoisotopic (exact) mass is 370 g/mol. The van der Waals surface area contributed by atoms with Crippen LogP contribution in [0.15, 0.2) is 47.4 Å². The van der Waals surface area contributed by atoms with Gasteiger partial charge in [-0.2, -0.15) is 0 Å². The third-order valence-corrected chi connectivity index (χ3v) is 5.57. The molecule has 0 aliphatic heterocycles. The van der Waals surface area contributed by atoms with Gasteiger partial charge in [-0.05, 0) is 29.8 Å². The molecule has 2 rings (SSSR count). The molecule has 8 heteroatoms. The van der Waals surface area contributed by atoms with Gasteiger partial charge in [0.25, 0.3) is 5.91 Å². The predicted octanol–water partition coefficient (Wildman–Crippen LogP) is 2.66. The lowest BCUT2D eigenvalue weighted by molar-refractivity contribution is 0.0950. The summed E-state index contributed by atoms with van der Waals surface area (Å²) in [4.78, 5) is 12.3. The molecular formula is C16H16ClFN2O3S. The Labute approximate surface area is 145 Å². The van der Waals surface area contributed by atoms with Crippen molar-refractivity contribution in [2.24, 2.45) is 0 Å². The van der Waals surface area contributed by atoms with Gasteiger partial charge in [-0.1, -0.05) is 29.8 Å². The standard InChI is InChI=1S/C16H16ClFN2O3S/c1-20(2)24(22,23)15-6-4-3-5-11(15)10-19-16(21)13-8-7-12(18)9-14(13)17/h3-9H,10H2,1-2H3,(H,19,21). The lowest BCUT2D eigenvalue weighted by Gasteiger charge is -2.15. The number of carbonyl (C=O) groups excluding carboxylic acids is 1. The van der Waals surface area contributed by atoms with Gasteiger partial charge >= 0.3 is 0 Å². The van der Waals surface area contributed by atoms with Crippen LogP contribution in [0.3, 0.4) is 0 Å². The van der Waals surface area contributed by atoms with Crippen molar-refractivity contribution in [2.75, 3.05) is 14.1 Å². The van der Waals surface area contributed by atoms with E-state index in [1.165, 1.54) is 26.2 Å². The summed E-state index contributed by atoms with van der Waals surface area (Å²) in [6, 6.07) is 9.83. The first-order valence-electron chi connectivity index (χ1n) is 6.97. The van der Waals surface area contributed by atoms with Crippen LogP contribution in [0.1, 0.15) is 15.9 Å². The van der Waals surface area contributed by atoms with E-state index in [-0.39, 0.29) is 22.0 Å². The number of nitrogens with one attached hydrogen (secondary N) is 1. The fourth-order valence-corrected chi connectivity index (χ4v) is 3.41. The summed E-state index contributed by atoms with van der Waals surface area (Å²) in [7, 11) is -0.760. The minimum absolute atomic E-state index is 0.00418. The van der Waals surface area contributed by atoms with Gasteiger partial charge in [0.2, 0.25) is 10.0 Å². The van der Waals surface area contributed by atoms with Crippen LogP contribution in [0.2, 0.25) is 5.02 Å². The molecule has 0 aliphatic carbocycles. The van der Waals surface area contributed by atoms with Gasteiger partial charge in [-0.3, -0.25) is 4.79 Å². The Balaban J connectivity index is 2.23. The van der Waals surface area contributed by atoms with Crippen LogP contribution >= 0.6 is 11.6 Å². The fourth-order valence-electron chi connectivity index (χ4n) is 2.04. The van der Waals surface area contributed by atoms with Crippen LogP contribution in [-0.4, -0.2) is 32.7 Å². The van der Waals surface area contributed by atoms with Crippen LogP contribution in [0, 0.1) is 5.82 Å². The largest absolute Gasteiger partial charge is 0.348 e. The highest BCUT2D eigenvalue weighted by molar-refractivity contribution is 7.89. The first-order chi connectivity index (χ1) is 11.2. The second-order valence-corrected chi connectivity index (χ2v) is 7.73. The molecule has 0 saturated carbocycles. The maximum atomic E-state index is 13.0. The Bertz CT molecular complexity index is 869. The molecule has 1 N–H and O–H groups in total. The SMILES string of the molecule is CN(C)S(=O)(=O)c1ccccc1CNC(=O)c1ccc(F)cc1Cl. The Hall–Kier alpha value is -1.96. The van der Waals surface area contributed by atoms with Crippen LogP contribution < -0.4 is 5.32 Å². The highest BCUT2D eigenvalue weighted by Crippen LogP contribution is 2.20. The van der Waals surface area contributed by atoms with Crippen molar-refractivity contribution >= 4 is 27.5 Å². The number of carbonyl (C=O) groups is 1. The summed E-state index contributed by atoms with van der Waals surface area (Å²) < 4.78 is 38.8. The van der Waals surface area contributed by atoms with Crippen molar-refractivity contribution < 1.29 is 17.6 Å². The van der Waals surface area contributed by atoms with Crippen LogP contribution in [0.4, 0.5) is 4.39 Å². The maximum Gasteiger partial charge on any atom is 0.253 e. The molecule has 0 bridgehead atoms. The summed E-state index contributed by atoms with van der Waals surface area (Å²) in [5, 5.41) is 2.59. The molecule has 128 valence electrons. The van der Waals surface area contributed by atoms with Crippen molar-refractivity contribution in [3.05, 3.63) is 64.4 Å². The fraction of sp³-hybridized carbons (Fsp3) is 0.188. The molecule has 2 aromatic rings. The number of benzene rings is 2. The second-order valence-electron chi connectivity index (χ2n) is 5.20. The van der Waals surface area contributed by atoms with E-state index in [4.69, 9.17) is 11.6 Å². The lowest BCUT2D eigenvalue weighted by atomic mass is 10.2. The van der Waals surface area contributed by atoms with Gasteiger partial charge in [0.05, 0.1) is 15.5 Å². The zero-order chi connectivity index (χ0) is 17.9. The van der Waals surface area contributed by atoms with Crippen molar-refractivity contribution in [2.45, 2.75) is 11.4 Å². The summed E-state index contributed by atoms with van der Waals surface area (Å²) >= 11 is 5.85. The summed E-state index contributed by atoms with van der Waals surface area (Å²) in [5.41, 5.74) is 0.559. The zero-order valence-corrected chi connectivity index (χ0v) is 14.7. The van der Waals surface area contributed by atoms with Crippen molar-refractivity contribution in [1.29, 1.82) is 0 Å². The van der Waals surface area contributed by atoms with E-state index in [1.807, 2.05) is 0 Å². The van der Waals surface area contributed by atoms with E-state index in [2.05, 4.69) is 5.32 Å². The molecule has 0 radical (unpaired) electrons. The van der Waals surface area contributed by atoms with E-state index in [0.717, 1.165) is 16.4 Å². The van der Waals surface area contributed by atoms with Gasteiger partial charge in [0.15, 0.2) is 0 Å². The Morgan fingerprint density at radius 3 is 2.50 bits per heavy atom. The lowest BCUT2D eigenvalue weighted by Crippen LogP contribution is -2.27. The van der Waals surface area contributed by atoms with Gasteiger partial charge in [0.1, 0.15) is 5.82 Å². The molecular weight excluding hydrogens is 355 g/mol. The van der Waals surface area contributed by atoms with E-state index in [1.54, 1.807) is 18.2 Å². The molecule has 0 atom stereocenters. The van der Waals surface area contributed by atoms with Crippen LogP contribution in [0.25, 0.3) is 0 Å². The number of hydrogen-bond acceptors (Lipinski definition) is 3. The van der Waals surface area contributed by atoms with E-state index in [9.17, 15) is 17.6 Å². The molecule has 0 aromatic heterocycles. The number of rotatable bonds is 5. The Morgan fingerprint density at radius 1 is 1.21 bits per heavy atom. The Morgan fingerprint density at radius 2 is 1.88 bits per heavy atom. The van der Waals surface area contributed by atoms with E-state index >= 15 is 0 Å². The van der Waals surface area contributed by atoms with Crippen molar-refractivity contribution in [3.8, 4) is 0 Å². The second kappa shape index (κ2) is 7.29. The van der Waals surface area contributed by atoms with Crippen LogP contribution in [-0.2, 0) is 16.6 Å². The van der Waals surface area contributed by atoms with E-state index < -0.39 is 21.7 Å². The predicted molar refractivity (Wildman–Crippen MR) is 89.9 cm³/mol. The highest BCUT2D eigenvalue weighted by Gasteiger charge is 2.21. The highest BCUT2D eigenvalue weighted by atomic mass is 35.5. The number of nitrogens with zero attached hydrogens (tertiary/aromatic N) is 1. The minimum Gasteiger partial charge on any atom is -0.348 e. The number of amides is 1. The third-order valence-electron chi connectivity index (χ3n) is 3.35. The molecule has 0 spiro atoms. The van der Waals surface area contributed by atoms with Crippen molar-refractivity contribution in [1.82, 2.24) is 9.62 Å². The number of sulfonamides is 1. The topological polar surface area (TPSA) is 66.5 Å². The van der Waals surface area contributed by atoms with E-state index in [0.29, 0.717) is 5.56 Å². The third kappa shape index (κ3) is 3.92. The molecule has 5 nitrogen and oxygen atoms in total. The molecule has 0 unspecified atom stereocenters. The number of hydrogen-bond donors (Lipinski definition) is 1. The molecule has 1 amide bonds. The van der Waals surface area contributed by atoms with Gasteiger partial charge < -0.3 is 5.32 Å². The average molecular weight is 371 g/mol. The quantitative estimate of drug-likeness (QED) is 0.879. The smallest absolute Gasteiger partial charge is 0.253 e. The summed E-state index contributed by atoms with van der Waals surface area (Å²) in [6.45, 7) is -0.00418. The molecule has 0 fully saturated rings. The van der Waals surface area contributed by atoms with Crippen molar-refractivity contribution in [3.63, 3.8) is 0 Å². The first-order valence-corrected chi connectivity index (χ1v) is 8.79.